The van der Waals surface area contributed by atoms with Crippen LogP contribution >= 0.6 is 0 Å². The molecule has 1 N–H and O–H groups in total. The van der Waals surface area contributed by atoms with E-state index in [1.807, 2.05) is 26.0 Å². The lowest BCUT2D eigenvalue weighted by molar-refractivity contribution is -0.109. The maximum absolute atomic E-state index is 6.20. The van der Waals surface area contributed by atoms with Crippen LogP contribution < -0.4 is 4.74 Å². The summed E-state index contributed by atoms with van der Waals surface area (Å²) >= 11 is 0. The minimum atomic E-state index is -0.425. The summed E-state index contributed by atoms with van der Waals surface area (Å²) in [6, 6.07) is 10.4. The summed E-state index contributed by atoms with van der Waals surface area (Å²) in [5, 5.41) is 2.27. The van der Waals surface area contributed by atoms with Gasteiger partial charge >= 0.3 is 0 Å². The Kier molecular flexibility index (Phi) is 3.02. The summed E-state index contributed by atoms with van der Waals surface area (Å²) in [4.78, 5) is 3.50. The van der Waals surface area contributed by atoms with Crippen molar-refractivity contribution in [2.24, 2.45) is 0 Å². The molecular formula is C20H21NO4. The molecule has 0 aliphatic carbocycles. The topological polar surface area (TPSA) is 52.7 Å². The number of methoxy groups -OCH3 is 2. The molecule has 3 aromatic rings. The number of rotatable bonds is 2. The van der Waals surface area contributed by atoms with Crippen molar-refractivity contribution in [3.63, 3.8) is 0 Å². The largest absolute Gasteiger partial charge is 0.494 e. The number of H-pyrrole nitrogens is 1. The van der Waals surface area contributed by atoms with Crippen molar-refractivity contribution in [3.8, 4) is 5.75 Å². The first-order valence-corrected chi connectivity index (χ1v) is 8.52. The first-order chi connectivity index (χ1) is 12.0. The zero-order valence-electron chi connectivity index (χ0n) is 14.8. The van der Waals surface area contributed by atoms with Gasteiger partial charge in [0, 0.05) is 34.5 Å². The van der Waals surface area contributed by atoms with Gasteiger partial charge in [0.2, 0.25) is 0 Å². The zero-order chi connectivity index (χ0) is 17.3. The quantitative estimate of drug-likeness (QED) is 0.759. The van der Waals surface area contributed by atoms with E-state index in [4.69, 9.17) is 18.9 Å². The van der Waals surface area contributed by atoms with E-state index in [9.17, 15) is 0 Å². The van der Waals surface area contributed by atoms with Crippen molar-refractivity contribution >= 4 is 21.8 Å². The molecule has 130 valence electrons. The molecule has 0 amide bonds. The molecule has 5 heteroatoms. The van der Waals surface area contributed by atoms with E-state index < -0.39 is 11.9 Å². The Labute approximate surface area is 145 Å². The lowest BCUT2D eigenvalue weighted by Crippen LogP contribution is -2.39. The Hall–Kier alpha value is -2.08. The van der Waals surface area contributed by atoms with E-state index in [1.54, 1.807) is 14.2 Å². The first-order valence-electron chi connectivity index (χ1n) is 8.52. The van der Waals surface area contributed by atoms with Crippen molar-refractivity contribution in [2.75, 3.05) is 14.2 Å². The molecule has 0 saturated carbocycles. The van der Waals surface area contributed by atoms with Gasteiger partial charge in [-0.3, -0.25) is 0 Å². The van der Waals surface area contributed by atoms with Crippen molar-refractivity contribution in [3.05, 3.63) is 41.5 Å². The van der Waals surface area contributed by atoms with Gasteiger partial charge in [-0.2, -0.15) is 0 Å². The molecule has 2 bridgehead atoms. The molecule has 3 heterocycles. The van der Waals surface area contributed by atoms with Gasteiger partial charge in [-0.05, 0) is 26.0 Å². The van der Waals surface area contributed by atoms with Crippen LogP contribution in [0.2, 0.25) is 0 Å². The second kappa shape index (κ2) is 4.97. The molecule has 1 saturated heterocycles. The summed E-state index contributed by atoms with van der Waals surface area (Å²) in [5.41, 5.74) is 3.66. The fourth-order valence-corrected chi connectivity index (χ4v) is 4.33. The standard InChI is InChI=1S/C20H21NO4/c1-20(2)18-17(23-4)14-12(19(24-18)25-20)9-11-10-7-5-6-8-13(10)21-15(11)16(14)22-3/h5-9,17-19,21H,1-4H3/t17-,18-,19-/m0/s1. The monoisotopic (exact) mass is 339 g/mol. The maximum atomic E-state index is 6.20. The Balaban J connectivity index is 1.88. The zero-order valence-corrected chi connectivity index (χ0v) is 14.8. The average molecular weight is 339 g/mol. The molecule has 2 aromatic carbocycles. The first kappa shape index (κ1) is 15.2. The molecule has 1 fully saturated rings. The minimum absolute atomic E-state index is 0.175. The molecule has 0 radical (unpaired) electrons. The van der Waals surface area contributed by atoms with E-state index in [2.05, 4.69) is 23.2 Å². The van der Waals surface area contributed by atoms with Gasteiger partial charge in [0.25, 0.3) is 0 Å². The number of hydrogen-bond acceptors (Lipinski definition) is 4. The molecule has 0 unspecified atom stereocenters. The molecular weight excluding hydrogens is 318 g/mol. The van der Waals surface area contributed by atoms with Crippen LogP contribution in [0.25, 0.3) is 21.8 Å². The number of aromatic amines is 1. The number of nitrogens with one attached hydrogen (secondary N) is 1. The predicted molar refractivity (Wildman–Crippen MR) is 94.9 cm³/mol. The van der Waals surface area contributed by atoms with Gasteiger partial charge in [0.05, 0.1) is 18.2 Å². The lowest BCUT2D eigenvalue weighted by atomic mass is 9.88. The molecule has 2 aliphatic heterocycles. The van der Waals surface area contributed by atoms with Crippen LogP contribution in [0.1, 0.15) is 37.4 Å². The van der Waals surface area contributed by atoms with Crippen LogP contribution in [0.4, 0.5) is 0 Å². The van der Waals surface area contributed by atoms with Crippen molar-refractivity contribution < 1.29 is 18.9 Å². The molecule has 5 nitrogen and oxygen atoms in total. The smallest absolute Gasteiger partial charge is 0.185 e. The van der Waals surface area contributed by atoms with Crippen LogP contribution in [-0.2, 0) is 14.2 Å². The van der Waals surface area contributed by atoms with Gasteiger partial charge in [-0.1, -0.05) is 18.2 Å². The highest BCUT2D eigenvalue weighted by Crippen LogP contribution is 2.55. The number of para-hydroxylation sites is 1. The van der Waals surface area contributed by atoms with E-state index >= 15 is 0 Å². The number of ether oxygens (including phenoxy) is 4. The molecule has 5 rings (SSSR count). The third-order valence-electron chi connectivity index (χ3n) is 5.47. The summed E-state index contributed by atoms with van der Waals surface area (Å²) in [6.45, 7) is 4.09. The van der Waals surface area contributed by atoms with E-state index in [1.165, 1.54) is 0 Å². The second-order valence-corrected chi connectivity index (χ2v) is 7.27. The van der Waals surface area contributed by atoms with Crippen molar-refractivity contribution in [1.29, 1.82) is 0 Å². The molecule has 1 aromatic heterocycles. The van der Waals surface area contributed by atoms with Crippen LogP contribution in [0, 0.1) is 0 Å². The highest BCUT2D eigenvalue weighted by atomic mass is 16.7. The molecule has 3 atom stereocenters. The van der Waals surface area contributed by atoms with E-state index in [-0.39, 0.29) is 12.2 Å². The molecule has 25 heavy (non-hydrogen) atoms. The Morgan fingerprint density at radius 3 is 2.68 bits per heavy atom. The molecule has 0 spiro atoms. The fraction of sp³-hybridized carbons (Fsp3) is 0.400. The van der Waals surface area contributed by atoms with Gasteiger partial charge in [0.1, 0.15) is 18.0 Å². The van der Waals surface area contributed by atoms with Crippen LogP contribution in [0.15, 0.2) is 30.3 Å². The normalized spacial score (nSPS) is 27.0. The predicted octanol–water partition coefficient (Wildman–Crippen LogP) is 4.22. The van der Waals surface area contributed by atoms with Gasteiger partial charge in [-0.15, -0.1) is 0 Å². The number of aromatic nitrogens is 1. The Morgan fingerprint density at radius 1 is 1.12 bits per heavy atom. The summed E-state index contributed by atoms with van der Waals surface area (Å²) < 4.78 is 24.1. The SMILES string of the molecule is COc1c2c(cc3c1[nH]c1ccccc13)[C@H]1O[C@@H]([C@H]2OC)C(C)(C)O1. The van der Waals surface area contributed by atoms with Gasteiger partial charge in [-0.25, -0.2) is 0 Å². The second-order valence-electron chi connectivity index (χ2n) is 7.27. The number of hydrogen-bond donors (Lipinski definition) is 1. The Bertz CT molecular complexity index is 990. The van der Waals surface area contributed by atoms with Gasteiger partial charge < -0.3 is 23.9 Å². The van der Waals surface area contributed by atoms with E-state index in [0.29, 0.717) is 0 Å². The highest BCUT2D eigenvalue weighted by molar-refractivity contribution is 6.10. The van der Waals surface area contributed by atoms with Crippen LogP contribution in [0.5, 0.6) is 5.75 Å². The summed E-state index contributed by atoms with van der Waals surface area (Å²) in [6.07, 6.45) is -0.811. The van der Waals surface area contributed by atoms with E-state index in [0.717, 1.165) is 38.7 Å². The minimum Gasteiger partial charge on any atom is -0.494 e. The fourth-order valence-electron chi connectivity index (χ4n) is 4.33. The maximum Gasteiger partial charge on any atom is 0.185 e. The van der Waals surface area contributed by atoms with Crippen molar-refractivity contribution in [2.45, 2.75) is 37.9 Å². The lowest BCUT2D eigenvalue weighted by Gasteiger charge is -2.33. The summed E-state index contributed by atoms with van der Waals surface area (Å²) in [7, 11) is 3.41. The van der Waals surface area contributed by atoms with Crippen LogP contribution in [0.3, 0.4) is 0 Å². The average Bonchev–Trinajstić information content (AvgIpc) is 3.10. The molecule has 2 aliphatic rings. The summed E-state index contributed by atoms with van der Waals surface area (Å²) in [5.74, 6) is 0.815. The van der Waals surface area contributed by atoms with Crippen molar-refractivity contribution in [1.82, 2.24) is 4.98 Å². The van der Waals surface area contributed by atoms with Gasteiger partial charge in [0.15, 0.2) is 6.29 Å². The Morgan fingerprint density at radius 2 is 1.92 bits per heavy atom. The third kappa shape index (κ3) is 1.89. The third-order valence-corrected chi connectivity index (χ3v) is 5.47. The number of fused-ring (bicyclic) bond motifs is 7. The van der Waals surface area contributed by atoms with Crippen LogP contribution in [-0.4, -0.2) is 30.9 Å². The number of benzene rings is 2. The highest BCUT2D eigenvalue weighted by Gasteiger charge is 2.54.